The third-order valence-corrected chi connectivity index (χ3v) is 4.51. The van der Waals surface area contributed by atoms with Gasteiger partial charge in [-0.05, 0) is 65.7 Å². The first-order valence-corrected chi connectivity index (χ1v) is 9.69. The van der Waals surface area contributed by atoms with Crippen molar-refractivity contribution in [1.82, 2.24) is 10.7 Å². The number of phenolic OH excluding ortho intramolecular Hbond substituents is 1. The summed E-state index contributed by atoms with van der Waals surface area (Å²) in [7, 11) is 0. The summed E-state index contributed by atoms with van der Waals surface area (Å²) in [5.41, 5.74) is 4.12. The van der Waals surface area contributed by atoms with E-state index in [9.17, 15) is 14.7 Å². The second kappa shape index (κ2) is 9.48. The Bertz CT molecular complexity index is 1190. The van der Waals surface area contributed by atoms with Gasteiger partial charge >= 0.3 is 0 Å². The van der Waals surface area contributed by atoms with E-state index in [1.807, 2.05) is 0 Å². The number of nitrogens with one attached hydrogen (secondary N) is 2. The molecule has 0 unspecified atom stereocenters. The summed E-state index contributed by atoms with van der Waals surface area (Å²) in [6.07, 6.45) is 2.95. The largest absolute Gasteiger partial charge is 0.508 e. The molecule has 3 aromatic carbocycles. The highest BCUT2D eigenvalue weighted by Crippen LogP contribution is 2.33. The first-order chi connectivity index (χ1) is 15.6. The molecule has 0 radical (unpaired) electrons. The van der Waals surface area contributed by atoms with Crippen molar-refractivity contribution in [3.05, 3.63) is 95.2 Å². The second-order valence-corrected chi connectivity index (χ2v) is 6.78. The Morgan fingerprint density at radius 1 is 0.906 bits per heavy atom. The molecular formula is C24H19N3O5. The number of aromatic hydroxyl groups is 1. The Hall–Kier alpha value is -4.59. The highest BCUT2D eigenvalue weighted by molar-refractivity contribution is 6.05. The quantitative estimate of drug-likeness (QED) is 0.317. The van der Waals surface area contributed by atoms with Crippen molar-refractivity contribution in [1.29, 1.82) is 0 Å². The van der Waals surface area contributed by atoms with Gasteiger partial charge in [0.1, 0.15) is 11.4 Å². The van der Waals surface area contributed by atoms with Crippen molar-refractivity contribution < 1.29 is 24.2 Å². The number of phenols is 1. The summed E-state index contributed by atoms with van der Waals surface area (Å²) >= 11 is 0. The lowest BCUT2D eigenvalue weighted by atomic mass is 10.1. The van der Waals surface area contributed by atoms with Crippen LogP contribution in [-0.4, -0.2) is 29.9 Å². The number of nitrogens with zero attached hydrogens (tertiary/aromatic N) is 1. The number of ether oxygens (including phenoxy) is 2. The maximum atomic E-state index is 12.8. The highest BCUT2D eigenvalue weighted by atomic mass is 16.7. The lowest BCUT2D eigenvalue weighted by molar-refractivity contribution is -0.117. The van der Waals surface area contributed by atoms with E-state index in [0.717, 1.165) is 0 Å². The zero-order valence-electron chi connectivity index (χ0n) is 16.8. The molecule has 8 heteroatoms. The summed E-state index contributed by atoms with van der Waals surface area (Å²) in [5.74, 6) is 0.249. The van der Waals surface area contributed by atoms with Crippen LogP contribution in [0.5, 0.6) is 17.2 Å². The van der Waals surface area contributed by atoms with Gasteiger partial charge < -0.3 is 19.9 Å². The summed E-state index contributed by atoms with van der Waals surface area (Å²) in [6.45, 7) is 0.132. The number of hydrogen-bond acceptors (Lipinski definition) is 6. The average Bonchev–Trinajstić information content (AvgIpc) is 3.28. The van der Waals surface area contributed by atoms with Gasteiger partial charge in [-0.1, -0.05) is 24.3 Å². The van der Waals surface area contributed by atoms with E-state index in [4.69, 9.17) is 9.47 Å². The fourth-order valence-corrected chi connectivity index (χ4v) is 2.90. The SMILES string of the molecule is O=C(N/N=C/c1ccc(O)cc1)C(=Cc1ccc2c(c1)OCO2)NC(=O)c1ccccc1. The molecule has 0 saturated heterocycles. The monoisotopic (exact) mass is 429 g/mol. The summed E-state index contributed by atoms with van der Waals surface area (Å²) in [6, 6.07) is 20.0. The molecule has 8 nitrogen and oxygen atoms in total. The molecule has 2 amide bonds. The van der Waals surface area contributed by atoms with Crippen LogP contribution in [0.4, 0.5) is 0 Å². The maximum Gasteiger partial charge on any atom is 0.287 e. The van der Waals surface area contributed by atoms with Gasteiger partial charge in [-0.15, -0.1) is 0 Å². The third-order valence-electron chi connectivity index (χ3n) is 4.51. The van der Waals surface area contributed by atoms with E-state index in [0.29, 0.717) is 28.2 Å². The minimum absolute atomic E-state index is 0.000532. The van der Waals surface area contributed by atoms with Crippen LogP contribution in [0.2, 0.25) is 0 Å². The van der Waals surface area contributed by atoms with Gasteiger partial charge in [0.15, 0.2) is 11.5 Å². The lowest BCUT2D eigenvalue weighted by Crippen LogP contribution is -2.32. The molecule has 160 valence electrons. The maximum absolute atomic E-state index is 12.8. The van der Waals surface area contributed by atoms with E-state index in [2.05, 4.69) is 15.8 Å². The molecule has 1 heterocycles. The first kappa shape index (κ1) is 20.7. The predicted octanol–water partition coefficient (Wildman–Crippen LogP) is 3.04. The van der Waals surface area contributed by atoms with E-state index in [-0.39, 0.29) is 18.2 Å². The topological polar surface area (TPSA) is 109 Å². The molecule has 3 N–H and O–H groups in total. The van der Waals surface area contributed by atoms with Crippen LogP contribution >= 0.6 is 0 Å². The number of benzene rings is 3. The number of rotatable bonds is 6. The van der Waals surface area contributed by atoms with E-state index >= 15 is 0 Å². The van der Waals surface area contributed by atoms with E-state index in [1.165, 1.54) is 24.4 Å². The zero-order valence-corrected chi connectivity index (χ0v) is 16.8. The molecule has 32 heavy (non-hydrogen) atoms. The van der Waals surface area contributed by atoms with E-state index in [1.54, 1.807) is 60.7 Å². The molecule has 0 saturated carbocycles. The minimum atomic E-state index is -0.609. The van der Waals surface area contributed by atoms with Gasteiger partial charge in [0.05, 0.1) is 6.21 Å². The fraction of sp³-hybridized carbons (Fsp3) is 0.0417. The van der Waals surface area contributed by atoms with Crippen molar-refractivity contribution in [3.8, 4) is 17.2 Å². The first-order valence-electron chi connectivity index (χ1n) is 9.69. The van der Waals surface area contributed by atoms with Gasteiger partial charge in [-0.25, -0.2) is 5.43 Å². The molecule has 0 bridgehead atoms. The molecule has 0 spiro atoms. The smallest absolute Gasteiger partial charge is 0.287 e. The van der Waals surface area contributed by atoms with Crippen LogP contribution in [0.15, 0.2) is 83.6 Å². The Balaban J connectivity index is 1.55. The van der Waals surface area contributed by atoms with Crippen LogP contribution in [0.3, 0.4) is 0 Å². The fourth-order valence-electron chi connectivity index (χ4n) is 2.90. The molecule has 4 rings (SSSR count). The van der Waals surface area contributed by atoms with Crippen LogP contribution in [0.25, 0.3) is 6.08 Å². The molecule has 0 atom stereocenters. The van der Waals surface area contributed by atoms with Gasteiger partial charge in [0, 0.05) is 5.56 Å². The molecule has 0 aliphatic carbocycles. The van der Waals surface area contributed by atoms with Crippen molar-refractivity contribution in [2.75, 3.05) is 6.79 Å². The number of fused-ring (bicyclic) bond motifs is 1. The molecule has 3 aromatic rings. The Morgan fingerprint density at radius 2 is 1.62 bits per heavy atom. The molecule has 0 aromatic heterocycles. The lowest BCUT2D eigenvalue weighted by Gasteiger charge is -2.09. The summed E-state index contributed by atoms with van der Waals surface area (Å²) in [4.78, 5) is 25.4. The number of hydrogen-bond donors (Lipinski definition) is 3. The Kier molecular flexibility index (Phi) is 6.12. The van der Waals surface area contributed by atoms with Gasteiger partial charge in [0.25, 0.3) is 11.8 Å². The zero-order chi connectivity index (χ0) is 22.3. The average molecular weight is 429 g/mol. The molecule has 0 fully saturated rings. The van der Waals surface area contributed by atoms with Gasteiger partial charge in [0.2, 0.25) is 6.79 Å². The van der Waals surface area contributed by atoms with Crippen molar-refractivity contribution >= 4 is 24.1 Å². The highest BCUT2D eigenvalue weighted by Gasteiger charge is 2.16. The minimum Gasteiger partial charge on any atom is -0.508 e. The molecule has 1 aliphatic heterocycles. The number of carbonyl (C=O) groups excluding carboxylic acids is 2. The molecule has 1 aliphatic rings. The van der Waals surface area contributed by atoms with Crippen LogP contribution < -0.4 is 20.2 Å². The second-order valence-electron chi connectivity index (χ2n) is 6.78. The summed E-state index contributed by atoms with van der Waals surface area (Å²) in [5, 5.41) is 15.9. The van der Waals surface area contributed by atoms with Crippen LogP contribution in [-0.2, 0) is 4.79 Å². The number of amides is 2. The van der Waals surface area contributed by atoms with Gasteiger partial charge in [-0.3, -0.25) is 9.59 Å². The van der Waals surface area contributed by atoms with Crippen LogP contribution in [0, 0.1) is 0 Å². The van der Waals surface area contributed by atoms with Crippen molar-refractivity contribution in [2.24, 2.45) is 5.10 Å². The normalized spacial score (nSPS) is 12.6. The van der Waals surface area contributed by atoms with Crippen molar-refractivity contribution in [2.45, 2.75) is 0 Å². The third kappa shape index (κ3) is 5.11. The standard InChI is InChI=1S/C24H19N3O5/c28-19-9-6-16(7-10-19)14-25-27-24(30)20(26-23(29)18-4-2-1-3-5-18)12-17-8-11-21-22(13-17)32-15-31-21/h1-14,28H,15H2,(H,26,29)(H,27,30)/b20-12?,25-14+. The van der Waals surface area contributed by atoms with Gasteiger partial charge in [-0.2, -0.15) is 5.10 Å². The Labute approximate surface area is 183 Å². The summed E-state index contributed by atoms with van der Waals surface area (Å²) < 4.78 is 10.7. The Morgan fingerprint density at radius 3 is 2.41 bits per heavy atom. The number of hydrazone groups is 1. The van der Waals surface area contributed by atoms with Crippen LogP contribution in [0.1, 0.15) is 21.5 Å². The van der Waals surface area contributed by atoms with Crippen molar-refractivity contribution in [3.63, 3.8) is 0 Å². The predicted molar refractivity (Wildman–Crippen MR) is 118 cm³/mol. The number of carbonyl (C=O) groups is 2. The molecular weight excluding hydrogens is 410 g/mol. The van der Waals surface area contributed by atoms with E-state index < -0.39 is 11.8 Å².